The van der Waals surface area contributed by atoms with Crippen molar-refractivity contribution in [1.29, 1.82) is 0 Å². The van der Waals surface area contributed by atoms with Crippen LogP contribution in [0.15, 0.2) is 24.3 Å². The first-order chi connectivity index (χ1) is 15.8. The molecule has 9 heteroatoms. The Kier molecular flexibility index (Phi) is 6.85. The van der Waals surface area contributed by atoms with E-state index in [-0.39, 0.29) is 43.4 Å². The van der Waals surface area contributed by atoms with E-state index in [2.05, 4.69) is 21.3 Å². The minimum Gasteiger partial charge on any atom is -0.370 e. The highest BCUT2D eigenvalue weighted by Crippen LogP contribution is 2.55. The lowest BCUT2D eigenvalue weighted by Crippen LogP contribution is -2.61. The van der Waals surface area contributed by atoms with Crippen molar-refractivity contribution in [2.24, 2.45) is 23.5 Å². The van der Waals surface area contributed by atoms with Crippen molar-refractivity contribution in [2.75, 3.05) is 18.4 Å². The van der Waals surface area contributed by atoms with Crippen LogP contribution in [-0.2, 0) is 9.59 Å². The molecule has 178 valence electrons. The second-order valence-electron chi connectivity index (χ2n) is 9.89. The van der Waals surface area contributed by atoms with Gasteiger partial charge in [-0.2, -0.15) is 0 Å². The number of para-hydroxylation sites is 1. The predicted octanol–water partition coefficient (Wildman–Crippen LogP) is 1.89. The number of carbonyl (C=O) groups excluding carboxylic acids is 4. The van der Waals surface area contributed by atoms with E-state index >= 15 is 0 Å². The number of hydrogen-bond donors (Lipinski definition) is 5. The van der Waals surface area contributed by atoms with Crippen molar-refractivity contribution in [3.8, 4) is 0 Å². The zero-order chi connectivity index (χ0) is 23.4. The molecule has 4 aliphatic carbocycles. The Morgan fingerprint density at radius 2 is 1.48 bits per heavy atom. The maximum atomic E-state index is 12.5. The van der Waals surface area contributed by atoms with Crippen LogP contribution in [-0.4, -0.2) is 42.4 Å². The Bertz CT molecular complexity index is 896. The Hall–Kier alpha value is -3.10. The Morgan fingerprint density at radius 1 is 0.879 bits per heavy atom. The van der Waals surface area contributed by atoms with Gasteiger partial charge in [0, 0.05) is 31.5 Å². The summed E-state index contributed by atoms with van der Waals surface area (Å²) in [6.45, 7) is 0.330. The van der Waals surface area contributed by atoms with Crippen molar-refractivity contribution < 1.29 is 19.2 Å². The summed E-state index contributed by atoms with van der Waals surface area (Å²) in [4.78, 5) is 48.1. The van der Waals surface area contributed by atoms with E-state index < -0.39 is 11.8 Å². The zero-order valence-corrected chi connectivity index (χ0v) is 18.8. The average Bonchev–Trinajstić information content (AvgIpc) is 2.72. The largest absolute Gasteiger partial charge is 0.370 e. The van der Waals surface area contributed by atoms with E-state index in [4.69, 9.17) is 5.73 Å². The molecule has 0 aliphatic heterocycles. The number of anilines is 1. The minimum absolute atomic E-state index is 0.0389. The monoisotopic (exact) mass is 455 g/mol. The van der Waals surface area contributed by atoms with Gasteiger partial charge in [-0.3, -0.25) is 14.4 Å². The van der Waals surface area contributed by atoms with Gasteiger partial charge in [0.05, 0.1) is 11.3 Å². The van der Waals surface area contributed by atoms with Crippen LogP contribution in [0.5, 0.6) is 0 Å². The van der Waals surface area contributed by atoms with Crippen molar-refractivity contribution in [3.05, 3.63) is 29.8 Å². The molecule has 4 saturated carbocycles. The van der Waals surface area contributed by atoms with Gasteiger partial charge in [-0.25, -0.2) is 4.79 Å². The van der Waals surface area contributed by atoms with Crippen molar-refractivity contribution >= 4 is 29.4 Å². The zero-order valence-electron chi connectivity index (χ0n) is 18.8. The highest BCUT2D eigenvalue weighted by molar-refractivity contribution is 6.03. The Labute approximate surface area is 193 Å². The summed E-state index contributed by atoms with van der Waals surface area (Å²) in [5.41, 5.74) is 5.68. The molecule has 33 heavy (non-hydrogen) atoms. The van der Waals surface area contributed by atoms with E-state index in [0.717, 1.165) is 37.0 Å². The molecule has 0 atom stereocenters. The lowest BCUT2D eigenvalue weighted by Gasteiger charge is -2.56. The Morgan fingerprint density at radius 3 is 2.12 bits per heavy atom. The molecule has 0 heterocycles. The standard InChI is InChI=1S/C24H33N5O4/c25-20(30)5-7-26-22(32)18-3-1-2-4-19(18)28-21(31)6-8-27-23(33)29-24-12-15-9-16(13-24)11-17(10-15)14-24/h1-4,15-17H,5-14H2,(H2,25,30)(H,26,32)(H,28,31)(H2,27,29,33). The van der Waals surface area contributed by atoms with E-state index in [1.165, 1.54) is 19.3 Å². The number of hydrogen-bond acceptors (Lipinski definition) is 4. The fourth-order valence-corrected chi connectivity index (χ4v) is 6.24. The van der Waals surface area contributed by atoms with Crippen LogP contribution >= 0.6 is 0 Å². The molecule has 5 rings (SSSR count). The summed E-state index contributed by atoms with van der Waals surface area (Å²) in [5.74, 6) is 1.03. The van der Waals surface area contributed by atoms with Crippen LogP contribution < -0.4 is 27.0 Å². The van der Waals surface area contributed by atoms with Gasteiger partial charge in [-0.1, -0.05) is 12.1 Å². The van der Waals surface area contributed by atoms with Gasteiger partial charge >= 0.3 is 6.03 Å². The maximum Gasteiger partial charge on any atom is 0.315 e. The summed E-state index contributed by atoms with van der Waals surface area (Å²) in [5, 5.41) is 11.4. The van der Waals surface area contributed by atoms with Gasteiger partial charge in [-0.15, -0.1) is 0 Å². The summed E-state index contributed by atoms with van der Waals surface area (Å²) in [6.07, 6.45) is 7.29. The normalized spacial score (nSPS) is 27.0. The van der Waals surface area contributed by atoms with E-state index in [0.29, 0.717) is 11.3 Å². The third-order valence-electron chi connectivity index (χ3n) is 7.16. The van der Waals surface area contributed by atoms with Crippen LogP contribution in [0.2, 0.25) is 0 Å². The molecule has 0 radical (unpaired) electrons. The molecule has 4 fully saturated rings. The summed E-state index contributed by atoms with van der Waals surface area (Å²) >= 11 is 0. The first-order valence-corrected chi connectivity index (χ1v) is 11.8. The molecule has 4 bridgehead atoms. The highest BCUT2D eigenvalue weighted by Gasteiger charge is 2.51. The molecule has 0 unspecified atom stereocenters. The quantitative estimate of drug-likeness (QED) is 0.387. The molecule has 4 aliphatic rings. The molecule has 5 amide bonds. The minimum atomic E-state index is -0.503. The van der Waals surface area contributed by atoms with E-state index in [1.807, 2.05) is 0 Å². The third-order valence-corrected chi connectivity index (χ3v) is 7.16. The summed E-state index contributed by atoms with van der Waals surface area (Å²) in [6, 6.07) is 6.42. The first-order valence-electron chi connectivity index (χ1n) is 11.8. The predicted molar refractivity (Wildman–Crippen MR) is 123 cm³/mol. The van der Waals surface area contributed by atoms with Crippen molar-refractivity contribution in [3.63, 3.8) is 0 Å². The van der Waals surface area contributed by atoms with E-state index in [9.17, 15) is 19.2 Å². The second-order valence-corrected chi connectivity index (χ2v) is 9.89. The first kappa shape index (κ1) is 23.1. The van der Waals surface area contributed by atoms with Gasteiger partial charge in [0.15, 0.2) is 0 Å². The van der Waals surface area contributed by atoms with Gasteiger partial charge in [0.2, 0.25) is 11.8 Å². The van der Waals surface area contributed by atoms with Crippen LogP contribution in [0.3, 0.4) is 0 Å². The maximum absolute atomic E-state index is 12.5. The number of rotatable bonds is 9. The number of primary amides is 1. The van der Waals surface area contributed by atoms with Crippen LogP contribution in [0.4, 0.5) is 10.5 Å². The van der Waals surface area contributed by atoms with Gasteiger partial charge in [0.25, 0.3) is 5.91 Å². The van der Waals surface area contributed by atoms with Crippen LogP contribution in [0.1, 0.15) is 61.7 Å². The van der Waals surface area contributed by atoms with Gasteiger partial charge in [-0.05, 0) is 68.4 Å². The number of nitrogens with one attached hydrogen (secondary N) is 4. The van der Waals surface area contributed by atoms with Crippen molar-refractivity contribution in [2.45, 2.75) is 56.9 Å². The average molecular weight is 456 g/mol. The Balaban J connectivity index is 1.22. The second kappa shape index (κ2) is 9.80. The molecular weight excluding hydrogens is 422 g/mol. The SMILES string of the molecule is NC(=O)CCNC(=O)c1ccccc1NC(=O)CCNC(=O)NC12CC3CC(CC(C3)C1)C2. The molecule has 1 aromatic rings. The molecule has 9 nitrogen and oxygen atoms in total. The number of amides is 5. The summed E-state index contributed by atoms with van der Waals surface area (Å²) in [7, 11) is 0. The highest BCUT2D eigenvalue weighted by atomic mass is 16.2. The smallest absolute Gasteiger partial charge is 0.315 e. The van der Waals surface area contributed by atoms with Gasteiger partial charge < -0.3 is 27.0 Å². The number of benzene rings is 1. The van der Waals surface area contributed by atoms with Crippen molar-refractivity contribution in [1.82, 2.24) is 16.0 Å². The topological polar surface area (TPSA) is 142 Å². The fourth-order valence-electron chi connectivity index (χ4n) is 6.24. The molecule has 6 N–H and O–H groups in total. The fraction of sp³-hybridized carbons (Fsp3) is 0.583. The summed E-state index contributed by atoms with van der Waals surface area (Å²) < 4.78 is 0. The molecule has 0 aromatic heterocycles. The number of urea groups is 1. The van der Waals surface area contributed by atoms with Gasteiger partial charge in [0.1, 0.15) is 0 Å². The van der Waals surface area contributed by atoms with Crippen LogP contribution in [0.25, 0.3) is 0 Å². The third kappa shape index (κ3) is 5.83. The number of nitrogens with two attached hydrogens (primary N) is 1. The molecular formula is C24H33N5O4. The molecule has 0 saturated heterocycles. The molecule has 1 aromatic carbocycles. The van der Waals surface area contributed by atoms with E-state index in [1.54, 1.807) is 24.3 Å². The molecule has 0 spiro atoms. The lowest BCUT2D eigenvalue weighted by atomic mass is 9.53. The van der Waals surface area contributed by atoms with Crippen LogP contribution in [0, 0.1) is 17.8 Å². The lowest BCUT2D eigenvalue weighted by molar-refractivity contribution is -0.118. The number of carbonyl (C=O) groups is 4.